The minimum atomic E-state index is 0.549. The molecule has 3 rings (SSSR count). The van der Waals surface area contributed by atoms with Gasteiger partial charge in [0, 0.05) is 17.4 Å². The molecule has 2 nitrogen and oxygen atoms in total. The van der Waals surface area contributed by atoms with Crippen LogP contribution in [0.15, 0.2) is 78.9 Å². The monoisotopic (exact) mass is 439 g/mol. The Kier molecular flexibility index (Phi) is 8.39. The van der Waals surface area contributed by atoms with Crippen LogP contribution in [0.1, 0.15) is 23.1 Å². The number of benzene rings is 3. The Balaban J connectivity index is 2.04. The van der Waals surface area contributed by atoms with E-state index in [-0.39, 0.29) is 0 Å². The summed E-state index contributed by atoms with van der Waals surface area (Å²) in [5, 5.41) is 0.723. The lowest BCUT2D eigenvalue weighted by atomic mass is 9.88. The van der Waals surface area contributed by atoms with Crippen molar-refractivity contribution in [2.75, 3.05) is 33.1 Å². The first kappa shape index (κ1) is 22.4. The highest BCUT2D eigenvalue weighted by Crippen LogP contribution is 2.35. The molecular weight excluding hydrogens is 413 g/mol. The molecule has 0 bridgehead atoms. The lowest BCUT2D eigenvalue weighted by Gasteiger charge is -2.17. The van der Waals surface area contributed by atoms with Crippen molar-refractivity contribution in [1.29, 1.82) is 0 Å². The number of alkyl halides is 1. The summed E-state index contributed by atoms with van der Waals surface area (Å²) in [6.07, 6.45) is 0.768. The van der Waals surface area contributed by atoms with Gasteiger partial charge in [0.1, 0.15) is 12.4 Å². The number of hydrogen-bond donors (Lipinski definition) is 0. The molecule has 0 aliphatic rings. The second-order valence-corrected chi connectivity index (χ2v) is 8.16. The van der Waals surface area contributed by atoms with Crippen LogP contribution in [-0.2, 0) is 0 Å². The minimum Gasteiger partial charge on any atom is -0.492 e. The van der Waals surface area contributed by atoms with Gasteiger partial charge < -0.3 is 9.64 Å². The second-order valence-electron chi connectivity index (χ2n) is 7.34. The standard InChI is InChI=1S/C26H27Cl2NO/c1-29(2)18-19-30-24-14-10-22(11-15-24)26(21-8-12-23(28)13-9-21)25(16-17-27)20-6-4-3-5-7-20/h3-15H,16-19H2,1-2H3/b26-25-. The van der Waals surface area contributed by atoms with Crippen LogP contribution in [0.2, 0.25) is 5.02 Å². The SMILES string of the molecule is CN(C)CCOc1ccc(/C(=C(/CCCl)c2ccccc2)c2ccc(Cl)cc2)cc1. The van der Waals surface area contributed by atoms with Gasteiger partial charge in [-0.25, -0.2) is 0 Å². The third-order valence-corrected chi connectivity index (χ3v) is 5.29. The van der Waals surface area contributed by atoms with E-state index in [4.69, 9.17) is 27.9 Å². The van der Waals surface area contributed by atoms with E-state index in [9.17, 15) is 0 Å². The summed E-state index contributed by atoms with van der Waals surface area (Å²) in [7, 11) is 4.08. The first-order chi connectivity index (χ1) is 14.6. The van der Waals surface area contributed by atoms with Gasteiger partial charge in [-0.05, 0) is 72.6 Å². The molecule has 30 heavy (non-hydrogen) atoms. The molecule has 3 aromatic rings. The van der Waals surface area contributed by atoms with Crippen molar-refractivity contribution in [2.24, 2.45) is 0 Å². The Morgan fingerprint density at radius 1 is 0.800 bits per heavy atom. The van der Waals surface area contributed by atoms with Gasteiger partial charge in [-0.15, -0.1) is 11.6 Å². The lowest BCUT2D eigenvalue weighted by Crippen LogP contribution is -2.19. The van der Waals surface area contributed by atoms with Crippen LogP contribution in [0.25, 0.3) is 11.1 Å². The molecule has 0 spiro atoms. The Morgan fingerprint density at radius 3 is 1.97 bits per heavy atom. The third-order valence-electron chi connectivity index (χ3n) is 4.85. The predicted octanol–water partition coefficient (Wildman–Crippen LogP) is 6.87. The highest BCUT2D eigenvalue weighted by Gasteiger charge is 2.14. The van der Waals surface area contributed by atoms with E-state index in [2.05, 4.69) is 53.4 Å². The molecule has 0 fully saturated rings. The Bertz CT molecular complexity index is 949. The Labute approximate surface area is 189 Å². The van der Waals surface area contributed by atoms with Gasteiger partial charge in [0.25, 0.3) is 0 Å². The van der Waals surface area contributed by atoms with Crippen molar-refractivity contribution >= 4 is 34.3 Å². The average Bonchev–Trinajstić information content (AvgIpc) is 2.76. The van der Waals surface area contributed by atoms with E-state index in [0.717, 1.165) is 34.9 Å². The Morgan fingerprint density at radius 2 is 1.40 bits per heavy atom. The molecule has 0 aliphatic heterocycles. The van der Waals surface area contributed by atoms with Gasteiger partial charge in [-0.1, -0.05) is 66.2 Å². The summed E-state index contributed by atoms with van der Waals surface area (Å²) in [6, 6.07) is 26.7. The van der Waals surface area contributed by atoms with Crippen molar-refractivity contribution in [3.8, 4) is 5.75 Å². The molecule has 0 atom stereocenters. The molecule has 0 saturated carbocycles. The molecule has 0 unspecified atom stereocenters. The largest absolute Gasteiger partial charge is 0.492 e. The first-order valence-corrected chi connectivity index (χ1v) is 11.0. The van der Waals surface area contributed by atoms with Crippen LogP contribution in [0, 0.1) is 0 Å². The highest BCUT2D eigenvalue weighted by atomic mass is 35.5. The van der Waals surface area contributed by atoms with E-state index in [1.807, 2.05) is 44.4 Å². The average molecular weight is 440 g/mol. The van der Waals surface area contributed by atoms with Crippen molar-refractivity contribution in [2.45, 2.75) is 6.42 Å². The number of allylic oxidation sites excluding steroid dienone is 1. The zero-order valence-electron chi connectivity index (χ0n) is 17.4. The molecule has 0 saturated heterocycles. The molecule has 0 amide bonds. The van der Waals surface area contributed by atoms with Crippen LogP contribution >= 0.6 is 23.2 Å². The van der Waals surface area contributed by atoms with Gasteiger partial charge in [-0.3, -0.25) is 0 Å². The van der Waals surface area contributed by atoms with E-state index in [1.54, 1.807) is 0 Å². The zero-order chi connectivity index (χ0) is 21.3. The number of nitrogens with zero attached hydrogens (tertiary/aromatic N) is 1. The molecule has 0 heterocycles. The molecule has 0 radical (unpaired) electrons. The fourth-order valence-electron chi connectivity index (χ4n) is 3.34. The smallest absolute Gasteiger partial charge is 0.119 e. The van der Waals surface area contributed by atoms with Crippen LogP contribution in [0.5, 0.6) is 5.75 Å². The number of rotatable bonds is 9. The van der Waals surface area contributed by atoms with Crippen molar-refractivity contribution in [3.63, 3.8) is 0 Å². The van der Waals surface area contributed by atoms with Gasteiger partial charge in [0.2, 0.25) is 0 Å². The predicted molar refractivity (Wildman–Crippen MR) is 130 cm³/mol. The fourth-order valence-corrected chi connectivity index (χ4v) is 3.66. The highest BCUT2D eigenvalue weighted by molar-refractivity contribution is 6.30. The van der Waals surface area contributed by atoms with E-state index in [1.165, 1.54) is 16.7 Å². The maximum atomic E-state index is 6.22. The number of halogens is 2. The van der Waals surface area contributed by atoms with Crippen LogP contribution in [0.4, 0.5) is 0 Å². The summed E-state index contributed by atoms with van der Waals surface area (Å²) >= 11 is 12.4. The summed E-state index contributed by atoms with van der Waals surface area (Å²) in [5.74, 6) is 1.42. The van der Waals surface area contributed by atoms with E-state index < -0.39 is 0 Å². The summed E-state index contributed by atoms with van der Waals surface area (Å²) in [5.41, 5.74) is 5.80. The van der Waals surface area contributed by atoms with Gasteiger partial charge >= 0.3 is 0 Å². The molecule has 4 heteroatoms. The van der Waals surface area contributed by atoms with Crippen LogP contribution in [0.3, 0.4) is 0 Å². The summed E-state index contributed by atoms with van der Waals surface area (Å²) in [6.45, 7) is 1.54. The number of hydrogen-bond acceptors (Lipinski definition) is 2. The van der Waals surface area contributed by atoms with Crippen molar-refractivity contribution in [1.82, 2.24) is 4.90 Å². The second kappa shape index (κ2) is 11.2. The summed E-state index contributed by atoms with van der Waals surface area (Å²) < 4.78 is 5.87. The van der Waals surface area contributed by atoms with E-state index in [0.29, 0.717) is 12.5 Å². The molecule has 156 valence electrons. The van der Waals surface area contributed by atoms with Gasteiger partial charge in [0.15, 0.2) is 0 Å². The molecule has 3 aromatic carbocycles. The fraction of sp³-hybridized carbons (Fsp3) is 0.231. The minimum absolute atomic E-state index is 0.549. The van der Waals surface area contributed by atoms with E-state index >= 15 is 0 Å². The van der Waals surface area contributed by atoms with Crippen LogP contribution < -0.4 is 4.74 Å². The van der Waals surface area contributed by atoms with Crippen LogP contribution in [-0.4, -0.2) is 38.0 Å². The third kappa shape index (κ3) is 6.12. The Hall–Kier alpha value is -2.26. The van der Waals surface area contributed by atoms with Gasteiger partial charge in [0.05, 0.1) is 0 Å². The number of ether oxygens (including phenoxy) is 1. The molecule has 0 aromatic heterocycles. The zero-order valence-corrected chi connectivity index (χ0v) is 19.0. The van der Waals surface area contributed by atoms with Gasteiger partial charge in [-0.2, -0.15) is 0 Å². The maximum absolute atomic E-state index is 6.22. The maximum Gasteiger partial charge on any atom is 0.119 e. The van der Waals surface area contributed by atoms with Crippen molar-refractivity contribution in [3.05, 3.63) is 101 Å². The normalized spacial score (nSPS) is 12.0. The number of likely N-dealkylation sites (N-methyl/N-ethyl adjacent to an activating group) is 1. The first-order valence-electron chi connectivity index (χ1n) is 10.1. The topological polar surface area (TPSA) is 12.5 Å². The molecule has 0 N–H and O–H groups in total. The molecule has 0 aliphatic carbocycles. The van der Waals surface area contributed by atoms with Crippen molar-refractivity contribution < 1.29 is 4.74 Å². The molecular formula is C26H27Cl2NO. The quantitative estimate of drug-likeness (QED) is 0.266. The lowest BCUT2D eigenvalue weighted by molar-refractivity contribution is 0.261. The summed E-state index contributed by atoms with van der Waals surface area (Å²) in [4.78, 5) is 2.11.